The molecule has 1 heterocycles. The molecule has 0 saturated carbocycles. The van der Waals surface area contributed by atoms with Gasteiger partial charge in [-0.2, -0.15) is 0 Å². The molecule has 0 amide bonds. The number of fused-ring (bicyclic) bond motifs is 3. The van der Waals surface area contributed by atoms with E-state index in [1.165, 1.54) is 27.8 Å². The minimum atomic E-state index is 1.05. The SMILES string of the molecule is c1ccc2c(c1)Cc1cc(-c3cscn3)ccc1-2. The zero-order chi connectivity index (χ0) is 11.9. The van der Waals surface area contributed by atoms with Crippen molar-refractivity contribution >= 4 is 11.3 Å². The number of benzene rings is 2. The zero-order valence-corrected chi connectivity index (χ0v) is 10.6. The average molecular weight is 249 g/mol. The Morgan fingerprint density at radius 2 is 1.83 bits per heavy atom. The fourth-order valence-electron chi connectivity index (χ4n) is 2.66. The molecule has 2 heteroatoms. The van der Waals surface area contributed by atoms with Crippen LogP contribution in [0.25, 0.3) is 22.4 Å². The topological polar surface area (TPSA) is 12.9 Å². The molecule has 0 fully saturated rings. The second kappa shape index (κ2) is 3.79. The minimum absolute atomic E-state index is 1.05. The molecular formula is C16H11NS. The highest BCUT2D eigenvalue weighted by molar-refractivity contribution is 7.07. The molecule has 0 N–H and O–H groups in total. The minimum Gasteiger partial charge on any atom is -0.245 e. The predicted molar refractivity (Wildman–Crippen MR) is 75.8 cm³/mol. The summed E-state index contributed by atoms with van der Waals surface area (Å²) in [4.78, 5) is 4.38. The molecule has 3 aromatic rings. The average Bonchev–Trinajstić information content (AvgIpc) is 3.05. The Morgan fingerprint density at radius 1 is 0.944 bits per heavy atom. The normalized spacial score (nSPS) is 12.2. The van der Waals surface area contributed by atoms with Crippen molar-refractivity contribution in [2.75, 3.05) is 0 Å². The summed E-state index contributed by atoms with van der Waals surface area (Å²) in [5.74, 6) is 0. The number of nitrogens with zero attached hydrogens (tertiary/aromatic N) is 1. The van der Waals surface area contributed by atoms with E-state index >= 15 is 0 Å². The Kier molecular flexibility index (Phi) is 2.11. The highest BCUT2D eigenvalue weighted by Gasteiger charge is 2.18. The number of rotatable bonds is 1. The molecule has 0 aliphatic heterocycles. The molecule has 0 atom stereocenters. The molecule has 1 nitrogen and oxygen atoms in total. The number of aromatic nitrogens is 1. The van der Waals surface area contributed by atoms with E-state index in [1.54, 1.807) is 11.3 Å². The molecule has 4 rings (SSSR count). The van der Waals surface area contributed by atoms with E-state index in [4.69, 9.17) is 0 Å². The lowest BCUT2D eigenvalue weighted by Gasteiger charge is -2.03. The third-order valence-electron chi connectivity index (χ3n) is 3.52. The van der Waals surface area contributed by atoms with Crippen LogP contribution >= 0.6 is 11.3 Å². The first kappa shape index (κ1) is 10.0. The van der Waals surface area contributed by atoms with Gasteiger partial charge < -0.3 is 0 Å². The van der Waals surface area contributed by atoms with Crippen LogP contribution in [-0.2, 0) is 6.42 Å². The lowest BCUT2D eigenvalue weighted by molar-refractivity contribution is 1.26. The van der Waals surface area contributed by atoms with E-state index in [-0.39, 0.29) is 0 Å². The molecule has 0 saturated heterocycles. The Labute approximate surface area is 110 Å². The van der Waals surface area contributed by atoms with E-state index < -0.39 is 0 Å². The van der Waals surface area contributed by atoms with Gasteiger partial charge in [0.05, 0.1) is 11.2 Å². The van der Waals surface area contributed by atoms with Gasteiger partial charge in [-0.3, -0.25) is 0 Å². The summed E-state index contributed by atoms with van der Waals surface area (Å²) in [7, 11) is 0. The summed E-state index contributed by atoms with van der Waals surface area (Å²) in [6.45, 7) is 0. The monoisotopic (exact) mass is 249 g/mol. The Bertz CT molecular complexity index is 714. The molecule has 0 radical (unpaired) electrons. The van der Waals surface area contributed by atoms with Crippen molar-refractivity contribution in [2.45, 2.75) is 6.42 Å². The summed E-state index contributed by atoms with van der Waals surface area (Å²) >= 11 is 1.64. The molecule has 1 aromatic heterocycles. The van der Waals surface area contributed by atoms with Crippen LogP contribution in [0.4, 0.5) is 0 Å². The maximum Gasteiger partial charge on any atom is 0.0811 e. The van der Waals surface area contributed by atoms with Gasteiger partial charge in [0.15, 0.2) is 0 Å². The van der Waals surface area contributed by atoms with Gasteiger partial charge in [-0.1, -0.05) is 36.4 Å². The van der Waals surface area contributed by atoms with Crippen LogP contribution in [0.5, 0.6) is 0 Å². The van der Waals surface area contributed by atoms with Crippen LogP contribution in [-0.4, -0.2) is 4.98 Å². The summed E-state index contributed by atoms with van der Waals surface area (Å²) in [5, 5.41) is 2.10. The van der Waals surface area contributed by atoms with E-state index in [2.05, 4.69) is 52.8 Å². The van der Waals surface area contributed by atoms with Crippen LogP contribution in [0, 0.1) is 0 Å². The quantitative estimate of drug-likeness (QED) is 0.488. The molecule has 86 valence electrons. The first-order valence-electron chi connectivity index (χ1n) is 6.01. The van der Waals surface area contributed by atoms with Crippen molar-refractivity contribution in [2.24, 2.45) is 0 Å². The number of thiazole rings is 1. The van der Waals surface area contributed by atoms with Crippen LogP contribution in [0.2, 0.25) is 0 Å². The Morgan fingerprint density at radius 3 is 2.72 bits per heavy atom. The number of hydrogen-bond acceptors (Lipinski definition) is 2. The Balaban J connectivity index is 1.87. The van der Waals surface area contributed by atoms with Crippen molar-refractivity contribution in [1.29, 1.82) is 0 Å². The standard InChI is InChI=1S/C16H11NS/c1-2-4-14-11(3-1)7-13-8-12(5-6-15(13)14)16-9-18-10-17-16/h1-6,8-10H,7H2. The fourth-order valence-corrected chi connectivity index (χ4v) is 3.22. The van der Waals surface area contributed by atoms with Crippen molar-refractivity contribution in [3.63, 3.8) is 0 Å². The molecular weight excluding hydrogens is 238 g/mol. The van der Waals surface area contributed by atoms with Gasteiger partial charge in [0.25, 0.3) is 0 Å². The van der Waals surface area contributed by atoms with Crippen molar-refractivity contribution in [3.05, 3.63) is 64.5 Å². The fraction of sp³-hybridized carbons (Fsp3) is 0.0625. The third kappa shape index (κ3) is 1.42. The second-order valence-corrected chi connectivity index (χ2v) is 5.30. The first-order chi connectivity index (χ1) is 8.92. The van der Waals surface area contributed by atoms with Crippen molar-refractivity contribution < 1.29 is 0 Å². The molecule has 1 aliphatic carbocycles. The first-order valence-corrected chi connectivity index (χ1v) is 6.96. The maximum atomic E-state index is 4.38. The van der Waals surface area contributed by atoms with Crippen LogP contribution in [0.15, 0.2) is 53.4 Å². The van der Waals surface area contributed by atoms with Gasteiger partial charge in [-0.05, 0) is 34.7 Å². The number of hydrogen-bond donors (Lipinski definition) is 0. The highest BCUT2D eigenvalue weighted by Crippen LogP contribution is 2.38. The lowest BCUT2D eigenvalue weighted by Crippen LogP contribution is -1.83. The summed E-state index contributed by atoms with van der Waals surface area (Å²) in [5.41, 5.74) is 9.81. The van der Waals surface area contributed by atoms with Crippen molar-refractivity contribution in [1.82, 2.24) is 4.98 Å². The van der Waals surface area contributed by atoms with Gasteiger partial charge in [-0.25, -0.2) is 4.98 Å². The lowest BCUT2D eigenvalue weighted by atomic mass is 10.0. The predicted octanol–water partition coefficient (Wildman–Crippen LogP) is 4.38. The molecule has 0 unspecified atom stereocenters. The van der Waals surface area contributed by atoms with Crippen LogP contribution in [0.1, 0.15) is 11.1 Å². The van der Waals surface area contributed by atoms with Crippen LogP contribution < -0.4 is 0 Å². The zero-order valence-electron chi connectivity index (χ0n) is 9.76. The van der Waals surface area contributed by atoms with Crippen molar-refractivity contribution in [3.8, 4) is 22.4 Å². The smallest absolute Gasteiger partial charge is 0.0811 e. The van der Waals surface area contributed by atoms with Gasteiger partial charge >= 0.3 is 0 Å². The second-order valence-electron chi connectivity index (χ2n) is 4.58. The molecule has 2 aromatic carbocycles. The van der Waals surface area contributed by atoms with E-state index in [0.29, 0.717) is 0 Å². The maximum absolute atomic E-state index is 4.38. The summed E-state index contributed by atoms with van der Waals surface area (Å²) in [6.07, 6.45) is 1.05. The molecule has 18 heavy (non-hydrogen) atoms. The molecule has 1 aliphatic rings. The molecule has 0 bridgehead atoms. The van der Waals surface area contributed by atoms with Crippen LogP contribution in [0.3, 0.4) is 0 Å². The van der Waals surface area contributed by atoms with E-state index in [1.807, 2.05) is 5.51 Å². The third-order valence-corrected chi connectivity index (χ3v) is 4.11. The highest BCUT2D eigenvalue weighted by atomic mass is 32.1. The van der Waals surface area contributed by atoms with Gasteiger partial charge in [0, 0.05) is 10.9 Å². The molecule has 0 spiro atoms. The van der Waals surface area contributed by atoms with E-state index in [9.17, 15) is 0 Å². The van der Waals surface area contributed by atoms with Gasteiger partial charge in [0.2, 0.25) is 0 Å². The van der Waals surface area contributed by atoms with Gasteiger partial charge in [-0.15, -0.1) is 11.3 Å². The largest absolute Gasteiger partial charge is 0.245 e. The van der Waals surface area contributed by atoms with E-state index in [0.717, 1.165) is 12.1 Å². The summed E-state index contributed by atoms with van der Waals surface area (Å²) < 4.78 is 0. The summed E-state index contributed by atoms with van der Waals surface area (Å²) in [6, 6.07) is 15.4. The van der Waals surface area contributed by atoms with Gasteiger partial charge in [0.1, 0.15) is 0 Å². The Hall–Kier alpha value is -1.93.